The first-order valence-electron chi connectivity index (χ1n) is 8.42. The Hall–Kier alpha value is -2.51. The quantitative estimate of drug-likeness (QED) is 0.477. The molecule has 0 saturated heterocycles. The maximum Gasteiger partial charge on any atom is 0.291 e. The third-order valence-corrected chi connectivity index (χ3v) is 5.66. The van der Waals surface area contributed by atoms with Crippen molar-refractivity contribution in [3.8, 4) is 17.1 Å². The summed E-state index contributed by atoms with van der Waals surface area (Å²) in [7, 11) is 0. The summed E-state index contributed by atoms with van der Waals surface area (Å²) < 4.78 is 7.70. The molecule has 3 aromatic heterocycles. The number of benzene rings is 1. The van der Waals surface area contributed by atoms with E-state index >= 15 is 0 Å². The zero-order valence-electron chi connectivity index (χ0n) is 14.2. The summed E-state index contributed by atoms with van der Waals surface area (Å²) in [6, 6.07) is 11.6. The Labute approximate surface area is 158 Å². The van der Waals surface area contributed by atoms with Crippen LogP contribution in [0.25, 0.3) is 22.4 Å². The SMILES string of the molecule is CCCCOc1ccc(-c2nc3s/c(=C/c4cccs4)c(=O)n3n2)cc1. The van der Waals surface area contributed by atoms with Crippen molar-refractivity contribution in [1.29, 1.82) is 0 Å². The fraction of sp³-hybridized carbons (Fsp3) is 0.211. The zero-order chi connectivity index (χ0) is 17.9. The Balaban J connectivity index is 1.61. The predicted octanol–water partition coefficient (Wildman–Crippen LogP) is 3.61. The van der Waals surface area contributed by atoms with Crippen LogP contribution in [0, 0.1) is 0 Å². The molecule has 1 aromatic carbocycles. The van der Waals surface area contributed by atoms with E-state index in [1.807, 2.05) is 47.9 Å². The molecular formula is C19H17N3O2S2. The first kappa shape index (κ1) is 16.9. The standard InChI is InChI=1S/C19H17N3O2S2/c1-2-3-10-24-14-8-6-13(7-9-14)17-20-19-22(21-17)18(23)16(26-19)12-15-5-4-11-25-15/h4-9,11-12H,2-3,10H2,1H3/b16-12+. The molecule has 0 atom stereocenters. The van der Waals surface area contributed by atoms with Crippen LogP contribution in [0.2, 0.25) is 0 Å². The molecular weight excluding hydrogens is 366 g/mol. The molecule has 0 aliphatic rings. The van der Waals surface area contributed by atoms with E-state index in [-0.39, 0.29) is 5.56 Å². The van der Waals surface area contributed by atoms with Crippen molar-refractivity contribution in [2.75, 3.05) is 6.61 Å². The molecule has 132 valence electrons. The minimum atomic E-state index is -0.128. The highest BCUT2D eigenvalue weighted by atomic mass is 32.1. The maximum atomic E-state index is 12.5. The van der Waals surface area contributed by atoms with E-state index < -0.39 is 0 Å². The van der Waals surface area contributed by atoms with Gasteiger partial charge in [0.05, 0.1) is 11.1 Å². The molecule has 7 heteroatoms. The number of hydrogen-bond donors (Lipinski definition) is 0. The van der Waals surface area contributed by atoms with Gasteiger partial charge in [-0.1, -0.05) is 30.7 Å². The molecule has 26 heavy (non-hydrogen) atoms. The third kappa shape index (κ3) is 3.40. The van der Waals surface area contributed by atoms with Crippen molar-refractivity contribution >= 4 is 33.7 Å². The van der Waals surface area contributed by atoms with Crippen molar-refractivity contribution in [3.63, 3.8) is 0 Å². The van der Waals surface area contributed by atoms with Crippen molar-refractivity contribution in [2.45, 2.75) is 19.8 Å². The topological polar surface area (TPSA) is 56.5 Å². The second-order valence-electron chi connectivity index (χ2n) is 5.79. The van der Waals surface area contributed by atoms with E-state index in [0.29, 0.717) is 15.3 Å². The van der Waals surface area contributed by atoms with Gasteiger partial charge in [0.25, 0.3) is 5.56 Å². The van der Waals surface area contributed by atoms with Gasteiger partial charge < -0.3 is 4.74 Å². The average Bonchev–Trinajstić information content (AvgIpc) is 3.36. The van der Waals surface area contributed by atoms with Gasteiger partial charge in [-0.3, -0.25) is 4.79 Å². The van der Waals surface area contributed by atoms with Gasteiger partial charge in [-0.25, -0.2) is 0 Å². The van der Waals surface area contributed by atoms with E-state index in [1.54, 1.807) is 11.3 Å². The Bertz CT molecular complexity index is 1110. The van der Waals surface area contributed by atoms with Gasteiger partial charge in [0.1, 0.15) is 5.75 Å². The predicted molar refractivity (Wildman–Crippen MR) is 106 cm³/mol. The molecule has 0 radical (unpaired) electrons. The third-order valence-electron chi connectivity index (χ3n) is 3.88. The Kier molecular flexibility index (Phi) is 4.81. The van der Waals surface area contributed by atoms with E-state index in [4.69, 9.17) is 4.74 Å². The normalized spacial score (nSPS) is 12.1. The van der Waals surface area contributed by atoms with Gasteiger partial charge in [-0.05, 0) is 48.2 Å². The first-order valence-corrected chi connectivity index (χ1v) is 10.1. The van der Waals surface area contributed by atoms with E-state index in [2.05, 4.69) is 17.0 Å². The largest absolute Gasteiger partial charge is 0.494 e. The van der Waals surface area contributed by atoms with Crippen LogP contribution in [0.5, 0.6) is 5.75 Å². The molecule has 0 unspecified atom stereocenters. The van der Waals surface area contributed by atoms with Crippen molar-refractivity contribution in [2.24, 2.45) is 0 Å². The molecule has 3 heterocycles. The smallest absolute Gasteiger partial charge is 0.291 e. The molecule has 0 fully saturated rings. The lowest BCUT2D eigenvalue weighted by Gasteiger charge is -2.05. The van der Waals surface area contributed by atoms with Crippen LogP contribution in [0.15, 0.2) is 46.6 Å². The Morgan fingerprint density at radius 3 is 2.77 bits per heavy atom. The number of nitrogens with zero attached hydrogens (tertiary/aromatic N) is 3. The Morgan fingerprint density at radius 2 is 2.08 bits per heavy atom. The molecule has 0 N–H and O–H groups in total. The molecule has 0 bridgehead atoms. The van der Waals surface area contributed by atoms with Crippen LogP contribution < -0.4 is 14.8 Å². The summed E-state index contributed by atoms with van der Waals surface area (Å²) in [5.74, 6) is 1.39. The van der Waals surface area contributed by atoms with Gasteiger partial charge >= 0.3 is 0 Å². The van der Waals surface area contributed by atoms with E-state index in [9.17, 15) is 4.79 Å². The lowest BCUT2D eigenvalue weighted by Crippen LogP contribution is -2.23. The summed E-state index contributed by atoms with van der Waals surface area (Å²) in [6.07, 6.45) is 4.03. The molecule has 0 spiro atoms. The number of thiophene rings is 1. The summed E-state index contributed by atoms with van der Waals surface area (Å²) >= 11 is 2.96. The number of fused-ring (bicyclic) bond motifs is 1. The number of ether oxygens (including phenoxy) is 1. The summed E-state index contributed by atoms with van der Waals surface area (Å²) in [5, 5.41) is 6.37. The van der Waals surface area contributed by atoms with Crippen LogP contribution in [0.1, 0.15) is 24.6 Å². The monoisotopic (exact) mass is 383 g/mol. The fourth-order valence-corrected chi connectivity index (χ4v) is 4.12. The Morgan fingerprint density at radius 1 is 1.23 bits per heavy atom. The minimum absolute atomic E-state index is 0.128. The van der Waals surface area contributed by atoms with Crippen molar-refractivity contribution in [1.82, 2.24) is 14.6 Å². The van der Waals surface area contributed by atoms with Crippen LogP contribution in [-0.2, 0) is 0 Å². The number of rotatable bonds is 6. The molecule has 0 amide bonds. The van der Waals surface area contributed by atoms with Gasteiger partial charge in [-0.15, -0.1) is 16.4 Å². The molecule has 0 aliphatic carbocycles. The second-order valence-corrected chi connectivity index (χ2v) is 7.78. The molecule has 0 aliphatic heterocycles. The van der Waals surface area contributed by atoms with E-state index in [1.165, 1.54) is 15.9 Å². The molecule has 5 nitrogen and oxygen atoms in total. The van der Waals surface area contributed by atoms with Crippen LogP contribution >= 0.6 is 22.7 Å². The number of aromatic nitrogens is 3. The zero-order valence-corrected chi connectivity index (χ0v) is 15.8. The lowest BCUT2D eigenvalue weighted by atomic mass is 10.2. The second kappa shape index (κ2) is 7.39. The molecule has 4 aromatic rings. The minimum Gasteiger partial charge on any atom is -0.494 e. The number of unbranched alkanes of at least 4 members (excludes halogenated alkanes) is 1. The van der Waals surface area contributed by atoms with Crippen molar-refractivity contribution < 1.29 is 4.74 Å². The van der Waals surface area contributed by atoms with Gasteiger partial charge in [-0.2, -0.15) is 9.50 Å². The highest BCUT2D eigenvalue weighted by Gasteiger charge is 2.12. The highest BCUT2D eigenvalue weighted by molar-refractivity contribution is 7.15. The highest BCUT2D eigenvalue weighted by Crippen LogP contribution is 2.20. The average molecular weight is 383 g/mol. The summed E-state index contributed by atoms with van der Waals surface area (Å²) in [4.78, 5) is 18.7. The van der Waals surface area contributed by atoms with E-state index in [0.717, 1.165) is 35.6 Å². The number of hydrogen-bond acceptors (Lipinski definition) is 6. The van der Waals surface area contributed by atoms with Crippen LogP contribution in [0.4, 0.5) is 0 Å². The van der Waals surface area contributed by atoms with Gasteiger partial charge in [0.15, 0.2) is 5.82 Å². The fourth-order valence-electron chi connectivity index (χ4n) is 2.49. The summed E-state index contributed by atoms with van der Waals surface area (Å²) in [5.41, 5.74) is 0.739. The van der Waals surface area contributed by atoms with Crippen LogP contribution in [-0.4, -0.2) is 21.2 Å². The van der Waals surface area contributed by atoms with Crippen LogP contribution in [0.3, 0.4) is 0 Å². The van der Waals surface area contributed by atoms with Gasteiger partial charge in [0.2, 0.25) is 4.96 Å². The molecule has 0 saturated carbocycles. The summed E-state index contributed by atoms with van der Waals surface area (Å²) in [6.45, 7) is 2.85. The van der Waals surface area contributed by atoms with Crippen molar-refractivity contribution in [3.05, 3.63) is 61.5 Å². The maximum absolute atomic E-state index is 12.5. The first-order chi connectivity index (χ1) is 12.7. The molecule has 4 rings (SSSR count). The lowest BCUT2D eigenvalue weighted by molar-refractivity contribution is 0.309. The number of thiazole rings is 1. The van der Waals surface area contributed by atoms with Gasteiger partial charge in [0, 0.05) is 10.4 Å².